The fourth-order valence-corrected chi connectivity index (χ4v) is 3.27. The maximum atomic E-state index is 11.9. The number of amides is 1. The minimum absolute atomic E-state index is 0.0742. The van der Waals surface area contributed by atoms with E-state index < -0.39 is 0 Å². The van der Waals surface area contributed by atoms with Gasteiger partial charge in [0.1, 0.15) is 0 Å². The van der Waals surface area contributed by atoms with Gasteiger partial charge in [0.15, 0.2) is 0 Å². The van der Waals surface area contributed by atoms with Gasteiger partial charge in [-0.3, -0.25) is 4.79 Å². The van der Waals surface area contributed by atoms with Gasteiger partial charge in [0.05, 0.1) is 5.69 Å². The van der Waals surface area contributed by atoms with E-state index in [0.29, 0.717) is 6.42 Å². The molecule has 1 amide bonds. The molecule has 0 spiro atoms. The fraction of sp³-hybridized carbons (Fsp3) is 0.118. The number of carbonyl (C=O) groups is 1. The third-order valence-corrected chi connectivity index (χ3v) is 4.37. The summed E-state index contributed by atoms with van der Waals surface area (Å²) in [6, 6.07) is 18.1. The maximum absolute atomic E-state index is 11.9. The van der Waals surface area contributed by atoms with E-state index in [2.05, 4.69) is 35.7 Å². The molecule has 20 heavy (non-hydrogen) atoms. The summed E-state index contributed by atoms with van der Waals surface area (Å²) in [7, 11) is 0. The summed E-state index contributed by atoms with van der Waals surface area (Å²) in [5.74, 6) is 0.0742. The molecule has 2 nitrogen and oxygen atoms in total. The van der Waals surface area contributed by atoms with Crippen LogP contribution in [-0.4, -0.2) is 11.2 Å². The second-order valence-electron chi connectivity index (χ2n) is 4.67. The van der Waals surface area contributed by atoms with Crippen LogP contribution in [0, 0.1) is 0 Å². The van der Waals surface area contributed by atoms with Crippen LogP contribution in [0.2, 0.25) is 0 Å². The molecule has 2 aromatic rings. The van der Waals surface area contributed by atoms with Gasteiger partial charge in [-0.05, 0) is 17.7 Å². The monoisotopic (exact) mass is 281 g/mol. The Balaban J connectivity index is 1.81. The van der Waals surface area contributed by atoms with Crippen molar-refractivity contribution in [3.8, 4) is 0 Å². The highest BCUT2D eigenvalue weighted by molar-refractivity contribution is 8.00. The Morgan fingerprint density at radius 2 is 1.80 bits per heavy atom. The molecule has 1 atom stereocenters. The van der Waals surface area contributed by atoms with Crippen molar-refractivity contribution in [1.29, 1.82) is 0 Å². The highest BCUT2D eigenvalue weighted by atomic mass is 32.2. The average molecular weight is 281 g/mol. The summed E-state index contributed by atoms with van der Waals surface area (Å²) in [5, 5.41) is 3.12. The third-order valence-electron chi connectivity index (χ3n) is 3.13. The van der Waals surface area contributed by atoms with Crippen LogP contribution in [0.5, 0.6) is 0 Å². The smallest absolute Gasteiger partial charge is 0.225 e. The molecule has 1 heterocycles. The molecule has 0 bridgehead atoms. The van der Waals surface area contributed by atoms with Gasteiger partial charge in [0, 0.05) is 16.6 Å². The van der Waals surface area contributed by atoms with E-state index in [1.165, 1.54) is 0 Å². The molecule has 0 fully saturated rings. The second kappa shape index (κ2) is 5.97. The Morgan fingerprint density at radius 3 is 2.65 bits per heavy atom. The van der Waals surface area contributed by atoms with E-state index in [-0.39, 0.29) is 11.2 Å². The van der Waals surface area contributed by atoms with E-state index in [0.717, 1.165) is 16.1 Å². The first-order valence-corrected chi connectivity index (χ1v) is 7.48. The maximum Gasteiger partial charge on any atom is 0.225 e. The van der Waals surface area contributed by atoms with Gasteiger partial charge >= 0.3 is 0 Å². The third kappa shape index (κ3) is 3.11. The van der Waals surface area contributed by atoms with Crippen molar-refractivity contribution >= 4 is 29.4 Å². The first-order chi connectivity index (χ1) is 9.81. The van der Waals surface area contributed by atoms with Crippen LogP contribution in [0.15, 0.2) is 65.6 Å². The zero-order valence-electron chi connectivity index (χ0n) is 11.0. The van der Waals surface area contributed by atoms with E-state index in [4.69, 9.17) is 0 Å². The summed E-state index contributed by atoms with van der Waals surface area (Å²) in [6.07, 6.45) is 4.70. The van der Waals surface area contributed by atoms with Gasteiger partial charge in [0.25, 0.3) is 0 Å². The van der Waals surface area contributed by atoms with E-state index in [1.807, 2.05) is 36.4 Å². The number of hydrogen-bond acceptors (Lipinski definition) is 2. The molecule has 1 aliphatic rings. The largest absolute Gasteiger partial charge is 0.325 e. The van der Waals surface area contributed by atoms with Crippen molar-refractivity contribution in [2.24, 2.45) is 0 Å². The normalized spacial score (nSPS) is 18.4. The van der Waals surface area contributed by atoms with Crippen LogP contribution in [0.3, 0.4) is 0 Å². The number of hydrogen-bond donors (Lipinski definition) is 1. The van der Waals surface area contributed by atoms with Crippen molar-refractivity contribution < 1.29 is 4.79 Å². The lowest BCUT2D eigenvalue weighted by atomic mass is 10.2. The predicted molar refractivity (Wildman–Crippen MR) is 84.8 cm³/mol. The number of thioether (sulfide) groups is 1. The lowest BCUT2D eigenvalue weighted by Crippen LogP contribution is -2.13. The standard InChI is InChI=1S/C17H15NOS/c19-17-12-14(11-10-13-6-2-1-3-7-13)20-16-9-5-4-8-15(16)18-17/h1-11,14H,12H2,(H,18,19)/b11-10+/t14-/m0/s1. The fourth-order valence-electron chi connectivity index (χ4n) is 2.15. The number of carbonyl (C=O) groups excluding carboxylic acids is 1. The van der Waals surface area contributed by atoms with Gasteiger partial charge in [-0.2, -0.15) is 0 Å². The Labute approximate surface area is 122 Å². The molecular weight excluding hydrogens is 266 g/mol. The summed E-state index contributed by atoms with van der Waals surface area (Å²) < 4.78 is 0. The molecule has 1 aliphatic heterocycles. The quantitative estimate of drug-likeness (QED) is 0.893. The summed E-state index contributed by atoms with van der Waals surface area (Å²) in [6.45, 7) is 0. The molecule has 0 aliphatic carbocycles. The Bertz CT molecular complexity index is 636. The van der Waals surface area contributed by atoms with Gasteiger partial charge in [-0.1, -0.05) is 54.6 Å². The minimum Gasteiger partial charge on any atom is -0.325 e. The first kappa shape index (κ1) is 13.0. The lowest BCUT2D eigenvalue weighted by Gasteiger charge is -2.07. The zero-order valence-corrected chi connectivity index (χ0v) is 11.8. The molecule has 0 aromatic heterocycles. The number of benzene rings is 2. The summed E-state index contributed by atoms with van der Waals surface area (Å²) >= 11 is 1.73. The number of rotatable bonds is 2. The van der Waals surface area contributed by atoms with Crippen molar-refractivity contribution in [3.63, 3.8) is 0 Å². The molecule has 2 aromatic carbocycles. The van der Waals surface area contributed by atoms with Gasteiger partial charge < -0.3 is 5.32 Å². The molecular formula is C17H15NOS. The zero-order chi connectivity index (χ0) is 13.8. The molecule has 1 N–H and O–H groups in total. The molecule has 3 heteroatoms. The van der Waals surface area contributed by atoms with Gasteiger partial charge in [-0.15, -0.1) is 11.8 Å². The molecule has 0 unspecified atom stereocenters. The number of nitrogens with one attached hydrogen (secondary N) is 1. The number of fused-ring (bicyclic) bond motifs is 1. The summed E-state index contributed by atoms with van der Waals surface area (Å²) in [4.78, 5) is 13.0. The van der Waals surface area contributed by atoms with Crippen LogP contribution in [0.25, 0.3) is 6.08 Å². The topological polar surface area (TPSA) is 29.1 Å². The van der Waals surface area contributed by atoms with Crippen molar-refractivity contribution in [3.05, 3.63) is 66.2 Å². The Kier molecular flexibility index (Phi) is 3.88. The van der Waals surface area contributed by atoms with Crippen LogP contribution >= 0.6 is 11.8 Å². The van der Waals surface area contributed by atoms with Gasteiger partial charge in [0.2, 0.25) is 5.91 Å². The van der Waals surface area contributed by atoms with Crippen LogP contribution in [0.1, 0.15) is 12.0 Å². The second-order valence-corrected chi connectivity index (χ2v) is 5.96. The Morgan fingerprint density at radius 1 is 1.05 bits per heavy atom. The highest BCUT2D eigenvalue weighted by Crippen LogP contribution is 2.35. The molecule has 0 radical (unpaired) electrons. The predicted octanol–water partition coefficient (Wildman–Crippen LogP) is 4.20. The molecule has 0 saturated carbocycles. The SMILES string of the molecule is O=C1C[C@H](/C=C/c2ccccc2)Sc2ccccc2N1. The number of para-hydroxylation sites is 1. The van der Waals surface area contributed by atoms with Crippen molar-refractivity contribution in [2.75, 3.05) is 5.32 Å². The van der Waals surface area contributed by atoms with E-state index >= 15 is 0 Å². The summed E-state index contributed by atoms with van der Waals surface area (Å²) in [5.41, 5.74) is 2.07. The van der Waals surface area contributed by atoms with Gasteiger partial charge in [-0.25, -0.2) is 0 Å². The van der Waals surface area contributed by atoms with Crippen LogP contribution in [0.4, 0.5) is 5.69 Å². The Hall–Kier alpha value is -2.00. The van der Waals surface area contributed by atoms with Crippen LogP contribution in [-0.2, 0) is 4.79 Å². The highest BCUT2D eigenvalue weighted by Gasteiger charge is 2.19. The van der Waals surface area contributed by atoms with Crippen molar-refractivity contribution in [1.82, 2.24) is 0 Å². The van der Waals surface area contributed by atoms with E-state index in [9.17, 15) is 4.79 Å². The molecule has 0 saturated heterocycles. The van der Waals surface area contributed by atoms with Crippen molar-refractivity contribution in [2.45, 2.75) is 16.6 Å². The van der Waals surface area contributed by atoms with Crippen LogP contribution < -0.4 is 5.32 Å². The lowest BCUT2D eigenvalue weighted by molar-refractivity contribution is -0.116. The molecule has 3 rings (SSSR count). The van der Waals surface area contributed by atoms with E-state index in [1.54, 1.807) is 11.8 Å². The number of anilines is 1. The first-order valence-electron chi connectivity index (χ1n) is 6.60. The average Bonchev–Trinajstić information content (AvgIpc) is 2.63. The minimum atomic E-state index is 0.0742. The molecule has 100 valence electrons.